The Morgan fingerprint density at radius 3 is 2.71 bits per heavy atom. The lowest BCUT2D eigenvalue weighted by Gasteiger charge is -2.32. The molecule has 0 N–H and O–H groups in total. The van der Waals surface area contributed by atoms with E-state index in [1.54, 1.807) is 0 Å². The summed E-state index contributed by atoms with van der Waals surface area (Å²) in [6.45, 7) is 3.69. The molecule has 0 spiro atoms. The van der Waals surface area contributed by atoms with Crippen LogP contribution >= 0.6 is 11.3 Å². The molecule has 3 heterocycles. The first-order valence-electron chi connectivity index (χ1n) is 8.79. The van der Waals surface area contributed by atoms with E-state index in [-0.39, 0.29) is 11.9 Å². The summed E-state index contributed by atoms with van der Waals surface area (Å²) in [6.07, 6.45) is 6.54. The number of hydrogen-bond acceptors (Lipinski definition) is 6. The highest BCUT2D eigenvalue weighted by Crippen LogP contribution is 2.40. The summed E-state index contributed by atoms with van der Waals surface area (Å²) in [5, 5.41) is 1.27. The topological polar surface area (TPSA) is 55.3 Å². The van der Waals surface area contributed by atoms with Crippen molar-refractivity contribution in [2.24, 2.45) is 5.92 Å². The highest BCUT2D eigenvalue weighted by Gasteiger charge is 2.29. The number of thiophene rings is 1. The van der Waals surface area contributed by atoms with Crippen LogP contribution in [0.4, 0.5) is 5.82 Å². The van der Waals surface area contributed by atoms with E-state index in [4.69, 9.17) is 14.7 Å². The molecule has 5 nitrogen and oxygen atoms in total. The zero-order valence-electron chi connectivity index (χ0n) is 14.3. The fourth-order valence-corrected chi connectivity index (χ4v) is 5.27. The van der Waals surface area contributed by atoms with Crippen LogP contribution in [0.15, 0.2) is 0 Å². The Morgan fingerprint density at radius 2 is 1.96 bits per heavy atom. The number of aryl methyl sites for hydroxylation is 3. The van der Waals surface area contributed by atoms with Gasteiger partial charge in [-0.05, 0) is 51.0 Å². The minimum Gasteiger partial charge on any atom is -0.469 e. The maximum absolute atomic E-state index is 11.8. The molecule has 128 valence electrons. The third-order valence-electron chi connectivity index (χ3n) is 5.24. The van der Waals surface area contributed by atoms with Gasteiger partial charge in [0.05, 0.1) is 18.4 Å². The van der Waals surface area contributed by atoms with E-state index in [2.05, 4.69) is 4.90 Å². The average Bonchev–Trinajstić information content (AvgIpc) is 2.98. The van der Waals surface area contributed by atoms with E-state index >= 15 is 0 Å². The van der Waals surface area contributed by atoms with Crippen molar-refractivity contribution in [3.63, 3.8) is 0 Å². The second kappa shape index (κ2) is 6.31. The quantitative estimate of drug-likeness (QED) is 0.782. The molecule has 24 heavy (non-hydrogen) atoms. The number of hydrogen-bond donors (Lipinski definition) is 0. The zero-order chi connectivity index (χ0) is 16.7. The first kappa shape index (κ1) is 15.8. The molecule has 0 aromatic carbocycles. The van der Waals surface area contributed by atoms with Gasteiger partial charge in [-0.3, -0.25) is 4.79 Å². The summed E-state index contributed by atoms with van der Waals surface area (Å²) >= 11 is 1.85. The van der Waals surface area contributed by atoms with Crippen LogP contribution in [-0.4, -0.2) is 36.1 Å². The van der Waals surface area contributed by atoms with Crippen molar-refractivity contribution in [3.8, 4) is 0 Å². The minimum absolute atomic E-state index is 0.0288. The lowest BCUT2D eigenvalue weighted by atomic mass is 9.95. The predicted octanol–water partition coefficient (Wildman–Crippen LogP) is 3.27. The monoisotopic (exact) mass is 345 g/mol. The van der Waals surface area contributed by atoms with Crippen molar-refractivity contribution >= 4 is 33.3 Å². The summed E-state index contributed by atoms with van der Waals surface area (Å²) in [4.78, 5) is 26.2. The molecule has 1 saturated heterocycles. The predicted molar refractivity (Wildman–Crippen MR) is 95.7 cm³/mol. The standard InChI is InChI=1S/C18H23N3O2S/c1-11-19-16(21-9-7-12(8-10-21)18(22)23-2)15-13-5-3-4-6-14(13)24-17(15)20-11/h12H,3-10H2,1-2H3. The van der Waals surface area contributed by atoms with Crippen LogP contribution in [0.2, 0.25) is 0 Å². The van der Waals surface area contributed by atoms with Gasteiger partial charge in [-0.25, -0.2) is 9.97 Å². The first-order chi connectivity index (χ1) is 11.7. The third-order valence-corrected chi connectivity index (χ3v) is 6.42. The van der Waals surface area contributed by atoms with Crippen LogP contribution in [0.1, 0.15) is 41.9 Å². The van der Waals surface area contributed by atoms with Gasteiger partial charge in [0.2, 0.25) is 0 Å². The van der Waals surface area contributed by atoms with Crippen molar-refractivity contribution in [1.82, 2.24) is 9.97 Å². The largest absolute Gasteiger partial charge is 0.469 e. The Bertz CT molecular complexity index is 778. The number of nitrogens with zero attached hydrogens (tertiary/aromatic N) is 3. The van der Waals surface area contributed by atoms with Crippen LogP contribution in [-0.2, 0) is 22.4 Å². The molecule has 2 aromatic rings. The van der Waals surface area contributed by atoms with Gasteiger partial charge in [-0.1, -0.05) is 0 Å². The molecule has 0 amide bonds. The first-order valence-corrected chi connectivity index (χ1v) is 9.60. The fourth-order valence-electron chi connectivity index (χ4n) is 3.96. The summed E-state index contributed by atoms with van der Waals surface area (Å²) in [7, 11) is 1.48. The number of fused-ring (bicyclic) bond motifs is 3. The molecular weight excluding hydrogens is 322 g/mol. The molecule has 6 heteroatoms. The van der Waals surface area contributed by atoms with Gasteiger partial charge in [0.1, 0.15) is 16.5 Å². The number of anilines is 1. The lowest BCUT2D eigenvalue weighted by Crippen LogP contribution is -2.37. The van der Waals surface area contributed by atoms with Crippen molar-refractivity contribution < 1.29 is 9.53 Å². The molecule has 0 atom stereocenters. The van der Waals surface area contributed by atoms with Crippen molar-refractivity contribution in [2.45, 2.75) is 45.4 Å². The summed E-state index contributed by atoms with van der Waals surface area (Å²) < 4.78 is 4.90. The molecule has 0 saturated carbocycles. The molecule has 0 unspecified atom stereocenters. The van der Waals surface area contributed by atoms with Gasteiger partial charge in [-0.15, -0.1) is 11.3 Å². The average molecular weight is 345 g/mol. The fraction of sp³-hybridized carbons (Fsp3) is 0.611. The smallest absolute Gasteiger partial charge is 0.308 e. The molecule has 1 fully saturated rings. The second-order valence-corrected chi connectivity index (χ2v) is 7.85. The highest BCUT2D eigenvalue weighted by atomic mass is 32.1. The van der Waals surface area contributed by atoms with Gasteiger partial charge >= 0.3 is 5.97 Å². The van der Waals surface area contributed by atoms with Crippen LogP contribution in [0.5, 0.6) is 0 Å². The summed E-state index contributed by atoms with van der Waals surface area (Å²) in [5.74, 6) is 1.87. The maximum Gasteiger partial charge on any atom is 0.308 e. The van der Waals surface area contributed by atoms with Gasteiger partial charge in [-0.2, -0.15) is 0 Å². The van der Waals surface area contributed by atoms with E-state index < -0.39 is 0 Å². The Kier molecular flexibility index (Phi) is 4.16. The van der Waals surface area contributed by atoms with Crippen molar-refractivity contribution in [1.29, 1.82) is 0 Å². The Morgan fingerprint density at radius 1 is 1.21 bits per heavy atom. The third kappa shape index (κ3) is 2.66. The summed E-state index contributed by atoms with van der Waals surface area (Å²) in [6, 6.07) is 0. The van der Waals surface area contributed by atoms with Gasteiger partial charge in [0, 0.05) is 18.0 Å². The van der Waals surface area contributed by atoms with E-state index in [0.717, 1.165) is 48.8 Å². The Balaban J connectivity index is 1.69. The van der Waals surface area contributed by atoms with Crippen molar-refractivity contribution in [3.05, 3.63) is 16.3 Å². The van der Waals surface area contributed by atoms with Crippen LogP contribution < -0.4 is 4.90 Å². The van der Waals surface area contributed by atoms with E-state index in [1.807, 2.05) is 18.3 Å². The van der Waals surface area contributed by atoms with Crippen LogP contribution in [0.3, 0.4) is 0 Å². The number of esters is 1. The molecule has 1 aliphatic heterocycles. The highest BCUT2D eigenvalue weighted by molar-refractivity contribution is 7.19. The minimum atomic E-state index is -0.0772. The SMILES string of the molecule is COC(=O)C1CCN(c2nc(C)nc3sc4c(c23)CCCC4)CC1. The number of piperidine rings is 1. The normalized spacial score (nSPS) is 18.7. The molecule has 2 aromatic heterocycles. The van der Waals surface area contributed by atoms with Gasteiger partial charge in [0.15, 0.2) is 0 Å². The van der Waals surface area contributed by atoms with Crippen LogP contribution in [0, 0.1) is 12.8 Å². The summed E-state index contributed by atoms with van der Waals surface area (Å²) in [5.41, 5.74) is 1.48. The second-order valence-electron chi connectivity index (χ2n) is 6.77. The van der Waals surface area contributed by atoms with E-state index in [1.165, 1.54) is 42.2 Å². The Labute approximate surface area is 146 Å². The van der Waals surface area contributed by atoms with Crippen molar-refractivity contribution in [2.75, 3.05) is 25.1 Å². The lowest BCUT2D eigenvalue weighted by molar-refractivity contribution is -0.146. The van der Waals surface area contributed by atoms with Gasteiger partial charge < -0.3 is 9.64 Å². The molecular formula is C18H23N3O2S. The molecule has 4 rings (SSSR count). The number of ether oxygens (including phenoxy) is 1. The number of carbonyl (C=O) groups excluding carboxylic acids is 1. The number of aromatic nitrogens is 2. The number of methoxy groups -OCH3 is 1. The Hall–Kier alpha value is -1.69. The van der Waals surface area contributed by atoms with E-state index in [0.29, 0.717) is 0 Å². The van der Waals surface area contributed by atoms with E-state index in [9.17, 15) is 4.79 Å². The maximum atomic E-state index is 11.8. The molecule has 2 aliphatic rings. The van der Waals surface area contributed by atoms with Crippen LogP contribution in [0.25, 0.3) is 10.2 Å². The van der Waals surface area contributed by atoms with Gasteiger partial charge in [0.25, 0.3) is 0 Å². The number of rotatable bonds is 2. The molecule has 1 aliphatic carbocycles. The molecule has 0 bridgehead atoms. The number of carbonyl (C=O) groups is 1. The zero-order valence-corrected chi connectivity index (χ0v) is 15.1. The molecule has 0 radical (unpaired) electrons.